The van der Waals surface area contributed by atoms with Gasteiger partial charge in [-0.2, -0.15) is 0 Å². The third kappa shape index (κ3) is 5.74. The van der Waals surface area contributed by atoms with Crippen LogP contribution in [0.25, 0.3) is 0 Å². The summed E-state index contributed by atoms with van der Waals surface area (Å²) < 4.78 is 24.6. The van der Waals surface area contributed by atoms with E-state index in [0.717, 1.165) is 6.42 Å². The van der Waals surface area contributed by atoms with Crippen LogP contribution in [-0.2, 0) is 14.8 Å². The molecule has 0 heterocycles. The number of carboxylic acid groups (broad SMARTS) is 1. The second-order valence-corrected chi connectivity index (χ2v) is 5.39. The molecule has 0 saturated carbocycles. The van der Waals surface area contributed by atoms with Crippen molar-refractivity contribution in [2.24, 2.45) is 0 Å². The highest BCUT2D eigenvalue weighted by atomic mass is 32.2. The minimum absolute atomic E-state index is 0.0673. The van der Waals surface area contributed by atoms with Crippen LogP contribution in [0.2, 0.25) is 0 Å². The van der Waals surface area contributed by atoms with E-state index in [2.05, 4.69) is 0 Å². The molecule has 0 radical (unpaired) electrons. The van der Waals surface area contributed by atoms with Gasteiger partial charge in [-0.15, -0.1) is 0 Å². The van der Waals surface area contributed by atoms with Crippen LogP contribution >= 0.6 is 0 Å². The number of carboxylic acids is 1. The van der Waals surface area contributed by atoms with E-state index in [1.807, 2.05) is 6.92 Å². The number of nitrogens with zero attached hydrogens (tertiary/aromatic N) is 1. The minimum atomic E-state index is -3.26. The van der Waals surface area contributed by atoms with Gasteiger partial charge < -0.3 is 5.11 Å². The lowest BCUT2D eigenvalue weighted by Gasteiger charge is -2.19. The molecule has 0 fully saturated rings. The Morgan fingerprint density at radius 1 is 1.33 bits per heavy atom. The third-order valence-electron chi connectivity index (χ3n) is 2.08. The van der Waals surface area contributed by atoms with Crippen molar-refractivity contribution < 1.29 is 18.3 Å². The summed E-state index contributed by atoms with van der Waals surface area (Å²) in [5, 5.41) is 8.48. The summed E-state index contributed by atoms with van der Waals surface area (Å²) in [6.45, 7) is 4.03. The summed E-state index contributed by atoms with van der Waals surface area (Å²) in [5.41, 5.74) is 0. The number of sulfonamides is 1. The van der Waals surface area contributed by atoms with Gasteiger partial charge in [0, 0.05) is 13.1 Å². The molecule has 90 valence electrons. The Balaban J connectivity index is 4.31. The zero-order chi connectivity index (χ0) is 11.9. The maximum Gasteiger partial charge on any atom is 0.304 e. The van der Waals surface area contributed by atoms with Gasteiger partial charge in [-0.05, 0) is 6.42 Å². The van der Waals surface area contributed by atoms with Gasteiger partial charge in [0.2, 0.25) is 10.0 Å². The standard InChI is InChI=1S/C9H19NO4S/c1-3-5-8-15(13,14)10(4-2)7-6-9(11)12/h3-8H2,1-2H3,(H,11,12). The van der Waals surface area contributed by atoms with Gasteiger partial charge in [-0.25, -0.2) is 12.7 Å². The topological polar surface area (TPSA) is 74.7 Å². The highest BCUT2D eigenvalue weighted by molar-refractivity contribution is 7.89. The Morgan fingerprint density at radius 3 is 2.33 bits per heavy atom. The molecule has 0 amide bonds. The predicted molar refractivity (Wildman–Crippen MR) is 58.2 cm³/mol. The molecule has 0 aliphatic heterocycles. The van der Waals surface area contributed by atoms with E-state index in [-0.39, 0.29) is 18.7 Å². The number of carbonyl (C=O) groups is 1. The van der Waals surface area contributed by atoms with Gasteiger partial charge in [-0.3, -0.25) is 4.79 Å². The minimum Gasteiger partial charge on any atom is -0.481 e. The molecule has 5 nitrogen and oxygen atoms in total. The smallest absolute Gasteiger partial charge is 0.304 e. The Bertz CT molecular complexity index is 286. The highest BCUT2D eigenvalue weighted by Gasteiger charge is 2.19. The molecule has 0 aliphatic carbocycles. The van der Waals surface area contributed by atoms with Gasteiger partial charge in [0.1, 0.15) is 0 Å². The van der Waals surface area contributed by atoms with Crippen LogP contribution in [-0.4, -0.2) is 42.6 Å². The molecule has 0 unspecified atom stereocenters. The number of rotatable bonds is 8. The molecular weight excluding hydrogens is 218 g/mol. The van der Waals surface area contributed by atoms with E-state index in [1.165, 1.54) is 4.31 Å². The van der Waals surface area contributed by atoms with Crippen LogP contribution in [0.15, 0.2) is 0 Å². The summed E-state index contributed by atoms with van der Waals surface area (Å²) in [4.78, 5) is 10.3. The van der Waals surface area contributed by atoms with Crippen LogP contribution in [0.5, 0.6) is 0 Å². The number of hydrogen-bond donors (Lipinski definition) is 1. The molecule has 0 saturated heterocycles. The Morgan fingerprint density at radius 2 is 1.93 bits per heavy atom. The lowest BCUT2D eigenvalue weighted by atomic mass is 10.4. The first kappa shape index (κ1) is 14.4. The fourth-order valence-electron chi connectivity index (χ4n) is 1.17. The molecule has 15 heavy (non-hydrogen) atoms. The van der Waals surface area contributed by atoms with Crippen molar-refractivity contribution in [2.45, 2.75) is 33.1 Å². The Kier molecular flexibility index (Phi) is 6.51. The lowest BCUT2D eigenvalue weighted by molar-refractivity contribution is -0.137. The summed E-state index contributed by atoms with van der Waals surface area (Å²) in [6.07, 6.45) is 1.29. The summed E-state index contributed by atoms with van der Waals surface area (Å²) in [7, 11) is -3.26. The average Bonchev–Trinajstić information content (AvgIpc) is 2.15. The molecule has 0 aromatic heterocycles. The molecule has 1 N–H and O–H groups in total. The Labute approximate surface area is 91.1 Å². The number of hydrogen-bond acceptors (Lipinski definition) is 3. The summed E-state index contributed by atoms with van der Waals surface area (Å²) in [6, 6.07) is 0. The molecule has 0 aliphatic rings. The quantitative estimate of drug-likeness (QED) is 0.681. The van der Waals surface area contributed by atoms with E-state index >= 15 is 0 Å². The number of unbranched alkanes of at least 4 members (excludes halogenated alkanes) is 1. The molecular formula is C9H19NO4S. The molecule has 0 rings (SSSR count). The first-order valence-electron chi connectivity index (χ1n) is 5.13. The Hall–Kier alpha value is -0.620. The van der Waals surface area contributed by atoms with Gasteiger partial charge >= 0.3 is 5.97 Å². The normalized spacial score (nSPS) is 11.9. The second-order valence-electron chi connectivity index (χ2n) is 3.30. The van der Waals surface area contributed by atoms with Crippen molar-refractivity contribution in [1.29, 1.82) is 0 Å². The first-order valence-corrected chi connectivity index (χ1v) is 6.74. The summed E-state index contributed by atoms with van der Waals surface area (Å²) in [5.74, 6) is -0.865. The van der Waals surface area contributed by atoms with Crippen molar-refractivity contribution in [3.63, 3.8) is 0 Å². The van der Waals surface area contributed by atoms with Gasteiger partial charge in [-0.1, -0.05) is 20.3 Å². The van der Waals surface area contributed by atoms with Crippen molar-refractivity contribution in [1.82, 2.24) is 4.31 Å². The zero-order valence-electron chi connectivity index (χ0n) is 9.27. The van der Waals surface area contributed by atoms with Crippen LogP contribution in [0.3, 0.4) is 0 Å². The van der Waals surface area contributed by atoms with Gasteiger partial charge in [0.05, 0.1) is 12.2 Å². The van der Waals surface area contributed by atoms with E-state index in [1.54, 1.807) is 6.92 Å². The van der Waals surface area contributed by atoms with E-state index in [0.29, 0.717) is 13.0 Å². The zero-order valence-corrected chi connectivity index (χ0v) is 10.1. The molecule has 6 heteroatoms. The average molecular weight is 237 g/mol. The van der Waals surface area contributed by atoms with Crippen LogP contribution in [0.4, 0.5) is 0 Å². The molecule has 0 spiro atoms. The molecule has 0 aromatic rings. The van der Waals surface area contributed by atoms with Crippen molar-refractivity contribution in [3.8, 4) is 0 Å². The van der Waals surface area contributed by atoms with Gasteiger partial charge in [0.25, 0.3) is 0 Å². The SMILES string of the molecule is CCCCS(=O)(=O)N(CC)CCC(=O)O. The summed E-state index contributed by atoms with van der Waals surface area (Å²) >= 11 is 0. The van der Waals surface area contributed by atoms with Crippen molar-refractivity contribution in [3.05, 3.63) is 0 Å². The highest BCUT2D eigenvalue weighted by Crippen LogP contribution is 2.05. The van der Waals surface area contributed by atoms with E-state index in [4.69, 9.17) is 5.11 Å². The number of aliphatic carboxylic acids is 1. The van der Waals surface area contributed by atoms with Crippen LogP contribution < -0.4 is 0 Å². The van der Waals surface area contributed by atoms with Crippen LogP contribution in [0.1, 0.15) is 33.1 Å². The molecule has 0 atom stereocenters. The fourth-order valence-corrected chi connectivity index (χ4v) is 2.84. The monoisotopic (exact) mass is 237 g/mol. The largest absolute Gasteiger partial charge is 0.481 e. The maximum absolute atomic E-state index is 11.7. The predicted octanol–water partition coefficient (Wildman–Crippen LogP) is 0.913. The first-order chi connectivity index (χ1) is 6.94. The molecule has 0 aromatic carbocycles. The molecule has 0 bridgehead atoms. The lowest BCUT2D eigenvalue weighted by Crippen LogP contribution is -2.34. The second kappa shape index (κ2) is 6.79. The third-order valence-corrected chi connectivity index (χ3v) is 4.11. The van der Waals surface area contributed by atoms with Crippen molar-refractivity contribution in [2.75, 3.05) is 18.8 Å². The van der Waals surface area contributed by atoms with E-state index in [9.17, 15) is 13.2 Å². The van der Waals surface area contributed by atoms with E-state index < -0.39 is 16.0 Å². The van der Waals surface area contributed by atoms with Gasteiger partial charge in [0.15, 0.2) is 0 Å². The maximum atomic E-state index is 11.7. The fraction of sp³-hybridized carbons (Fsp3) is 0.889. The van der Waals surface area contributed by atoms with Crippen LogP contribution in [0, 0.1) is 0 Å². The van der Waals surface area contributed by atoms with Crippen molar-refractivity contribution >= 4 is 16.0 Å².